The van der Waals surface area contributed by atoms with Gasteiger partial charge in [-0.25, -0.2) is 5.43 Å². The van der Waals surface area contributed by atoms with E-state index in [1.54, 1.807) is 43.5 Å². The molecule has 0 saturated carbocycles. The molecule has 3 rings (SSSR count). The lowest BCUT2D eigenvalue weighted by Gasteiger charge is -2.23. The first kappa shape index (κ1) is 34.2. The molecular weight excluding hydrogens is 561 g/mol. The molecule has 0 aliphatic carbocycles. The van der Waals surface area contributed by atoms with Gasteiger partial charge < -0.3 is 24.6 Å². The molecule has 236 valence electrons. The van der Waals surface area contributed by atoms with E-state index >= 15 is 0 Å². The summed E-state index contributed by atoms with van der Waals surface area (Å²) in [5, 5.41) is 6.95. The first-order valence-corrected chi connectivity index (χ1v) is 15.0. The van der Waals surface area contributed by atoms with Crippen LogP contribution in [0.3, 0.4) is 0 Å². The normalized spacial score (nSPS) is 11.2. The minimum Gasteiger partial charge on any atom is -0.497 e. The van der Waals surface area contributed by atoms with Crippen molar-refractivity contribution in [3.05, 3.63) is 89.0 Å². The van der Waals surface area contributed by atoms with Crippen LogP contribution in [0.5, 0.6) is 11.5 Å². The Morgan fingerprint density at radius 3 is 2.39 bits per heavy atom. The van der Waals surface area contributed by atoms with Crippen molar-refractivity contribution >= 4 is 23.7 Å². The van der Waals surface area contributed by atoms with E-state index < -0.39 is 12.6 Å². The third-order valence-electron chi connectivity index (χ3n) is 7.11. The van der Waals surface area contributed by atoms with Crippen LogP contribution in [-0.4, -0.2) is 81.4 Å². The van der Waals surface area contributed by atoms with Crippen LogP contribution in [0, 0.1) is 0 Å². The smallest absolute Gasteiger partial charge is 0.273 e. The highest BCUT2D eigenvalue weighted by Crippen LogP contribution is 2.24. The highest BCUT2D eigenvalue weighted by molar-refractivity contribution is 6.09. The van der Waals surface area contributed by atoms with Crippen LogP contribution in [0.25, 0.3) is 0 Å². The fourth-order valence-electron chi connectivity index (χ4n) is 4.46. The van der Waals surface area contributed by atoms with Gasteiger partial charge in [0.1, 0.15) is 11.5 Å². The first-order chi connectivity index (χ1) is 21.4. The van der Waals surface area contributed by atoms with Crippen molar-refractivity contribution in [2.45, 2.75) is 33.2 Å². The summed E-state index contributed by atoms with van der Waals surface area (Å²) in [4.78, 5) is 31.2. The van der Waals surface area contributed by atoms with Crippen molar-refractivity contribution in [1.29, 1.82) is 0 Å². The van der Waals surface area contributed by atoms with E-state index in [9.17, 15) is 14.0 Å². The second-order valence-electron chi connectivity index (χ2n) is 10.3. The van der Waals surface area contributed by atoms with Crippen molar-refractivity contribution in [3.63, 3.8) is 0 Å². The average molecular weight is 606 g/mol. The van der Waals surface area contributed by atoms with Gasteiger partial charge in [-0.05, 0) is 98.7 Å². The Hall–Kier alpha value is -4.28. The maximum atomic E-state index is 13.3. The number of carbonyl (C=O) groups is 2. The van der Waals surface area contributed by atoms with Gasteiger partial charge in [0.2, 0.25) is 0 Å². The van der Waals surface area contributed by atoms with E-state index in [-0.39, 0.29) is 11.5 Å². The maximum absolute atomic E-state index is 13.3. The highest BCUT2D eigenvalue weighted by Gasteiger charge is 2.17. The van der Waals surface area contributed by atoms with Crippen molar-refractivity contribution in [2.24, 2.45) is 5.10 Å². The number of hydrogen-bond acceptors (Lipinski definition) is 7. The van der Waals surface area contributed by atoms with E-state index in [0.29, 0.717) is 48.7 Å². The Kier molecular flexibility index (Phi) is 14.3. The molecule has 0 radical (unpaired) electrons. The van der Waals surface area contributed by atoms with Gasteiger partial charge in [0.15, 0.2) is 0 Å². The number of nitrogens with one attached hydrogen (secondary N) is 2. The van der Waals surface area contributed by atoms with Crippen molar-refractivity contribution in [1.82, 2.24) is 15.2 Å². The molecule has 0 unspecified atom stereocenters. The number of nitrogens with zero attached hydrogens (tertiary/aromatic N) is 3. The predicted octanol–water partition coefficient (Wildman–Crippen LogP) is 5.61. The predicted molar refractivity (Wildman–Crippen MR) is 174 cm³/mol. The first-order valence-electron chi connectivity index (χ1n) is 15.0. The van der Waals surface area contributed by atoms with Crippen LogP contribution in [0.4, 0.5) is 10.1 Å². The van der Waals surface area contributed by atoms with Gasteiger partial charge in [0, 0.05) is 25.2 Å². The zero-order valence-corrected chi connectivity index (χ0v) is 26.1. The summed E-state index contributed by atoms with van der Waals surface area (Å²) in [6.45, 7) is 8.84. The molecule has 0 aliphatic heterocycles. The lowest BCUT2D eigenvalue weighted by atomic mass is 10.1. The van der Waals surface area contributed by atoms with Gasteiger partial charge in [-0.15, -0.1) is 0 Å². The van der Waals surface area contributed by atoms with Gasteiger partial charge in [-0.1, -0.05) is 26.0 Å². The number of benzene rings is 3. The molecular formula is C34H44FN5O4. The van der Waals surface area contributed by atoms with E-state index in [4.69, 9.17) is 9.47 Å². The van der Waals surface area contributed by atoms with E-state index in [1.165, 1.54) is 6.21 Å². The third kappa shape index (κ3) is 11.1. The summed E-state index contributed by atoms with van der Waals surface area (Å²) < 4.78 is 23.4. The second-order valence-corrected chi connectivity index (χ2v) is 10.3. The van der Waals surface area contributed by atoms with Crippen LogP contribution in [0.15, 0.2) is 71.8 Å². The van der Waals surface area contributed by atoms with E-state index in [1.807, 2.05) is 30.3 Å². The number of anilines is 1. The van der Waals surface area contributed by atoms with Crippen LogP contribution in [0.2, 0.25) is 0 Å². The van der Waals surface area contributed by atoms with Gasteiger partial charge >= 0.3 is 0 Å². The molecule has 0 heterocycles. The lowest BCUT2D eigenvalue weighted by Crippen LogP contribution is -2.32. The summed E-state index contributed by atoms with van der Waals surface area (Å²) in [6.07, 6.45) is 2.45. The number of hydrazone groups is 1. The molecule has 0 aliphatic rings. The number of halogens is 1. The molecule has 10 heteroatoms. The summed E-state index contributed by atoms with van der Waals surface area (Å²) in [6, 6.07) is 19.5. The summed E-state index contributed by atoms with van der Waals surface area (Å²) in [5.74, 6) is 0.275. The van der Waals surface area contributed by atoms with Crippen molar-refractivity contribution in [2.75, 3.05) is 58.9 Å². The fourth-order valence-corrected chi connectivity index (χ4v) is 4.46. The number of amides is 2. The molecule has 0 saturated heterocycles. The number of ether oxygens (including phenoxy) is 2. The maximum Gasteiger partial charge on any atom is 0.273 e. The number of likely N-dealkylation sites (N-methyl/N-ethyl adjacent to an activating group) is 2. The fraction of sp³-hybridized carbons (Fsp3) is 0.382. The van der Waals surface area contributed by atoms with Crippen molar-refractivity contribution < 1.29 is 23.5 Å². The van der Waals surface area contributed by atoms with Gasteiger partial charge in [-0.2, -0.15) is 5.10 Å². The Morgan fingerprint density at radius 2 is 1.68 bits per heavy atom. The topological polar surface area (TPSA) is 95.5 Å². The number of carbonyl (C=O) groups excluding carboxylic acids is 2. The highest BCUT2D eigenvalue weighted by atomic mass is 19.1. The van der Waals surface area contributed by atoms with Gasteiger partial charge in [0.05, 0.1) is 37.9 Å². The number of unbranched alkanes of at least 4 members (excludes halogenated alkanes) is 1. The Balaban J connectivity index is 1.73. The lowest BCUT2D eigenvalue weighted by molar-refractivity contribution is 0.0955. The van der Waals surface area contributed by atoms with Crippen LogP contribution in [0.1, 0.15) is 58.5 Å². The minimum absolute atomic E-state index is 0.181. The quantitative estimate of drug-likeness (QED) is 0.111. The van der Waals surface area contributed by atoms with E-state index in [0.717, 1.165) is 37.3 Å². The number of rotatable bonds is 18. The Morgan fingerprint density at radius 1 is 0.932 bits per heavy atom. The molecule has 0 aromatic heterocycles. The van der Waals surface area contributed by atoms with Crippen LogP contribution < -0.4 is 20.2 Å². The van der Waals surface area contributed by atoms with Crippen LogP contribution >= 0.6 is 0 Å². The van der Waals surface area contributed by atoms with Gasteiger partial charge in [0.25, 0.3) is 11.8 Å². The van der Waals surface area contributed by atoms with Crippen LogP contribution in [-0.2, 0) is 6.54 Å². The monoisotopic (exact) mass is 605 g/mol. The number of hydrogen-bond donors (Lipinski definition) is 2. The average Bonchev–Trinajstić information content (AvgIpc) is 3.04. The molecule has 3 aromatic carbocycles. The number of methoxy groups -OCH3 is 1. The zero-order chi connectivity index (χ0) is 31.7. The number of alkyl halides is 1. The SMILES string of the molecule is CCN(CC)CCN(C)Cc1cccc(C(=O)Nc2ccc(OCCCCF)cc2C(=O)N/N=C/c2ccc(OC)cc2)c1. The summed E-state index contributed by atoms with van der Waals surface area (Å²) in [7, 11) is 3.66. The minimum atomic E-state index is -0.525. The molecule has 44 heavy (non-hydrogen) atoms. The molecule has 0 atom stereocenters. The largest absolute Gasteiger partial charge is 0.497 e. The molecule has 2 amide bonds. The molecule has 9 nitrogen and oxygen atoms in total. The summed E-state index contributed by atoms with van der Waals surface area (Å²) in [5.41, 5.74) is 5.28. The summed E-state index contributed by atoms with van der Waals surface area (Å²) >= 11 is 0. The molecule has 2 N–H and O–H groups in total. The van der Waals surface area contributed by atoms with Crippen molar-refractivity contribution in [3.8, 4) is 11.5 Å². The molecule has 0 bridgehead atoms. The molecule has 0 fully saturated rings. The Labute approximate surface area is 260 Å². The second kappa shape index (κ2) is 18.4. The Bertz CT molecular complexity index is 1360. The third-order valence-corrected chi connectivity index (χ3v) is 7.11. The molecule has 3 aromatic rings. The molecule has 0 spiro atoms. The zero-order valence-electron chi connectivity index (χ0n) is 26.1. The van der Waals surface area contributed by atoms with E-state index in [2.05, 4.69) is 46.5 Å². The van der Waals surface area contributed by atoms with Gasteiger partial charge in [-0.3, -0.25) is 14.0 Å². The standard InChI is InChI=1S/C34H44FN5O4/c1-5-40(6-2)20-19-39(3)25-27-10-9-11-28(22-27)33(41)37-32-17-16-30(44-21-8-7-18-35)23-31(32)34(42)38-36-24-26-12-14-29(43-4)15-13-26/h9-17,22-24H,5-8,18-21,25H2,1-4H3,(H,37,41)(H,38,42)/b36-24+.